The second kappa shape index (κ2) is 7.48. The number of methoxy groups -OCH3 is 1. The van der Waals surface area contributed by atoms with E-state index < -0.39 is 0 Å². The summed E-state index contributed by atoms with van der Waals surface area (Å²) in [5.74, 6) is 0.801. The van der Waals surface area contributed by atoms with Gasteiger partial charge in [-0.05, 0) is 42.8 Å². The summed E-state index contributed by atoms with van der Waals surface area (Å²) in [6.07, 6.45) is 0. The van der Waals surface area contributed by atoms with Crippen LogP contribution in [-0.4, -0.2) is 23.3 Å². The number of rotatable bonds is 4. The van der Waals surface area contributed by atoms with E-state index >= 15 is 0 Å². The number of ether oxygens (including phenoxy) is 2. The summed E-state index contributed by atoms with van der Waals surface area (Å²) in [6, 6.07) is 22.7. The fraction of sp³-hybridized carbons (Fsp3) is 0.0870. The van der Waals surface area contributed by atoms with Crippen molar-refractivity contribution in [1.82, 2.24) is 10.2 Å². The third-order valence-electron chi connectivity index (χ3n) is 4.44. The number of carbonyl (C=O) groups is 1. The fourth-order valence-corrected chi connectivity index (χ4v) is 3.04. The topological polar surface area (TPSA) is 61.3 Å². The van der Waals surface area contributed by atoms with Crippen molar-refractivity contribution in [2.24, 2.45) is 0 Å². The predicted molar refractivity (Wildman–Crippen MR) is 108 cm³/mol. The van der Waals surface area contributed by atoms with Crippen LogP contribution in [-0.2, 0) is 4.74 Å². The van der Waals surface area contributed by atoms with Gasteiger partial charge in [0.1, 0.15) is 11.4 Å². The molecule has 5 heteroatoms. The molecule has 0 saturated carbocycles. The highest BCUT2D eigenvalue weighted by Gasteiger charge is 2.13. The summed E-state index contributed by atoms with van der Waals surface area (Å²) in [5.41, 5.74) is 3.18. The van der Waals surface area contributed by atoms with Crippen molar-refractivity contribution >= 4 is 16.7 Å². The zero-order valence-electron chi connectivity index (χ0n) is 15.5. The van der Waals surface area contributed by atoms with Gasteiger partial charge in [0.2, 0.25) is 5.88 Å². The van der Waals surface area contributed by atoms with Crippen LogP contribution in [0.3, 0.4) is 0 Å². The highest BCUT2D eigenvalue weighted by molar-refractivity contribution is 5.97. The second-order valence-corrected chi connectivity index (χ2v) is 6.39. The molecule has 0 aliphatic rings. The molecule has 0 spiro atoms. The Kier molecular flexibility index (Phi) is 4.72. The lowest BCUT2D eigenvalue weighted by atomic mass is 10.0. The van der Waals surface area contributed by atoms with Crippen molar-refractivity contribution in [3.63, 3.8) is 0 Å². The van der Waals surface area contributed by atoms with Crippen LogP contribution in [0.25, 0.3) is 22.0 Å². The van der Waals surface area contributed by atoms with Crippen LogP contribution in [0.4, 0.5) is 0 Å². The number of carbonyl (C=O) groups excluding carboxylic acids is 1. The van der Waals surface area contributed by atoms with Gasteiger partial charge < -0.3 is 9.47 Å². The smallest absolute Gasteiger partial charge is 0.337 e. The predicted octanol–water partition coefficient (Wildman–Crippen LogP) is 5.18. The minimum absolute atomic E-state index is 0.371. The molecule has 0 fully saturated rings. The molecule has 0 aliphatic carbocycles. The molecule has 28 heavy (non-hydrogen) atoms. The fourth-order valence-electron chi connectivity index (χ4n) is 3.04. The van der Waals surface area contributed by atoms with Gasteiger partial charge in [0, 0.05) is 16.3 Å². The average Bonchev–Trinajstić information content (AvgIpc) is 2.74. The maximum Gasteiger partial charge on any atom is 0.337 e. The third-order valence-corrected chi connectivity index (χ3v) is 4.44. The van der Waals surface area contributed by atoms with Crippen molar-refractivity contribution in [3.05, 3.63) is 83.9 Å². The summed E-state index contributed by atoms with van der Waals surface area (Å²) in [4.78, 5) is 11.6. The molecule has 5 nitrogen and oxygen atoms in total. The van der Waals surface area contributed by atoms with E-state index in [0.717, 1.165) is 33.3 Å². The van der Waals surface area contributed by atoms with Gasteiger partial charge in [0.05, 0.1) is 12.7 Å². The zero-order chi connectivity index (χ0) is 19.5. The largest absolute Gasteiger partial charge is 0.465 e. The van der Waals surface area contributed by atoms with Gasteiger partial charge in [-0.3, -0.25) is 0 Å². The molecule has 4 rings (SSSR count). The van der Waals surface area contributed by atoms with E-state index in [-0.39, 0.29) is 5.97 Å². The number of hydrogen-bond acceptors (Lipinski definition) is 5. The first kappa shape index (κ1) is 17.7. The first-order chi connectivity index (χ1) is 13.7. The SMILES string of the molecule is COC(=O)c1ccc(-c2nnc(Oc3cccc(C)c3)c3ccccc23)cc1. The van der Waals surface area contributed by atoms with Crippen LogP contribution in [0.15, 0.2) is 72.8 Å². The molecule has 1 heterocycles. The van der Waals surface area contributed by atoms with Crippen LogP contribution in [0.2, 0.25) is 0 Å². The van der Waals surface area contributed by atoms with E-state index in [1.165, 1.54) is 7.11 Å². The van der Waals surface area contributed by atoms with Crippen LogP contribution in [0, 0.1) is 6.92 Å². The maximum absolute atomic E-state index is 11.6. The van der Waals surface area contributed by atoms with Gasteiger partial charge in [-0.1, -0.05) is 42.5 Å². The zero-order valence-corrected chi connectivity index (χ0v) is 15.5. The van der Waals surface area contributed by atoms with Gasteiger partial charge in [0.15, 0.2) is 0 Å². The molecule has 0 atom stereocenters. The lowest BCUT2D eigenvalue weighted by Crippen LogP contribution is -2.01. The number of hydrogen-bond donors (Lipinski definition) is 0. The van der Waals surface area contributed by atoms with Gasteiger partial charge in [-0.15, -0.1) is 10.2 Å². The Hall–Kier alpha value is -3.73. The van der Waals surface area contributed by atoms with Crippen molar-refractivity contribution < 1.29 is 14.3 Å². The van der Waals surface area contributed by atoms with Crippen LogP contribution < -0.4 is 4.74 Å². The number of nitrogens with zero attached hydrogens (tertiary/aromatic N) is 2. The minimum atomic E-state index is -0.371. The molecule has 0 amide bonds. The number of benzene rings is 3. The number of aryl methyl sites for hydroxylation is 1. The average molecular weight is 370 g/mol. The van der Waals surface area contributed by atoms with E-state index in [4.69, 9.17) is 9.47 Å². The van der Waals surface area contributed by atoms with Crippen LogP contribution in [0.1, 0.15) is 15.9 Å². The molecule has 138 valence electrons. The molecule has 0 bridgehead atoms. The summed E-state index contributed by atoms with van der Waals surface area (Å²) < 4.78 is 10.7. The van der Waals surface area contributed by atoms with E-state index in [1.807, 2.05) is 67.6 Å². The Labute approximate surface area is 162 Å². The van der Waals surface area contributed by atoms with Crippen LogP contribution in [0.5, 0.6) is 11.6 Å². The minimum Gasteiger partial charge on any atom is -0.465 e. The third kappa shape index (κ3) is 3.42. The quantitative estimate of drug-likeness (QED) is 0.463. The van der Waals surface area contributed by atoms with Crippen LogP contribution >= 0.6 is 0 Å². The highest BCUT2D eigenvalue weighted by Crippen LogP contribution is 2.33. The van der Waals surface area contributed by atoms with E-state index in [1.54, 1.807) is 12.1 Å². The molecule has 4 aromatic rings. The summed E-state index contributed by atoms with van der Waals surface area (Å²) in [5, 5.41) is 10.5. The van der Waals surface area contributed by atoms with E-state index in [2.05, 4.69) is 10.2 Å². The number of esters is 1. The standard InChI is InChI=1S/C23H18N2O3/c1-15-6-5-7-18(14-15)28-22-20-9-4-3-8-19(20)21(24-25-22)16-10-12-17(13-11-16)23(26)27-2/h3-14H,1-2H3. The van der Waals surface area contributed by atoms with Gasteiger partial charge in [-0.2, -0.15) is 0 Å². The molecular formula is C23H18N2O3. The Morgan fingerprint density at radius 2 is 1.61 bits per heavy atom. The first-order valence-corrected chi connectivity index (χ1v) is 8.84. The van der Waals surface area contributed by atoms with Crippen molar-refractivity contribution in [2.75, 3.05) is 7.11 Å². The summed E-state index contributed by atoms with van der Waals surface area (Å²) in [6.45, 7) is 2.01. The second-order valence-electron chi connectivity index (χ2n) is 6.39. The summed E-state index contributed by atoms with van der Waals surface area (Å²) >= 11 is 0. The Morgan fingerprint density at radius 1 is 0.857 bits per heavy atom. The Morgan fingerprint density at radius 3 is 2.32 bits per heavy atom. The molecule has 0 aliphatic heterocycles. The molecule has 1 aromatic heterocycles. The van der Waals surface area contributed by atoms with E-state index in [0.29, 0.717) is 11.4 Å². The first-order valence-electron chi connectivity index (χ1n) is 8.84. The maximum atomic E-state index is 11.6. The van der Waals surface area contributed by atoms with Crippen molar-refractivity contribution in [1.29, 1.82) is 0 Å². The normalized spacial score (nSPS) is 10.6. The van der Waals surface area contributed by atoms with Gasteiger partial charge in [-0.25, -0.2) is 4.79 Å². The molecule has 0 radical (unpaired) electrons. The highest BCUT2D eigenvalue weighted by atomic mass is 16.5. The van der Waals surface area contributed by atoms with E-state index in [9.17, 15) is 4.79 Å². The molecule has 0 N–H and O–H groups in total. The number of aromatic nitrogens is 2. The molecule has 3 aromatic carbocycles. The summed E-state index contributed by atoms with van der Waals surface area (Å²) in [7, 11) is 1.36. The lowest BCUT2D eigenvalue weighted by molar-refractivity contribution is 0.0601. The van der Waals surface area contributed by atoms with Gasteiger partial charge in [0.25, 0.3) is 0 Å². The van der Waals surface area contributed by atoms with Crippen molar-refractivity contribution in [3.8, 4) is 22.9 Å². The molecular weight excluding hydrogens is 352 g/mol. The molecule has 0 unspecified atom stereocenters. The van der Waals surface area contributed by atoms with Gasteiger partial charge >= 0.3 is 5.97 Å². The van der Waals surface area contributed by atoms with Crippen molar-refractivity contribution in [2.45, 2.75) is 6.92 Å². The number of fused-ring (bicyclic) bond motifs is 1. The monoisotopic (exact) mass is 370 g/mol. The lowest BCUT2D eigenvalue weighted by Gasteiger charge is -2.11. The Balaban J connectivity index is 1.76. The Bertz CT molecular complexity index is 1150. The molecule has 0 saturated heterocycles.